The average molecular weight is 239 g/mol. The second-order valence-electron chi connectivity index (χ2n) is 6.10. The number of hydrogen-bond acceptors (Lipinski definition) is 2. The monoisotopic (exact) mass is 239 g/mol. The summed E-state index contributed by atoms with van der Waals surface area (Å²) in [5.74, 6) is 0.918. The molecule has 0 heterocycles. The van der Waals surface area contributed by atoms with E-state index in [4.69, 9.17) is 4.74 Å². The molecule has 0 bridgehead atoms. The standard InChI is InChI=1S/C15H29NO/c1-3-13-7-6-8-14(11-13)17-15(12-16-2)9-4-5-10-15/h13-14,16H,3-12H2,1-2H3. The highest BCUT2D eigenvalue weighted by Gasteiger charge is 2.37. The summed E-state index contributed by atoms with van der Waals surface area (Å²) in [6.07, 6.45) is 12.5. The Bertz CT molecular complexity index is 223. The Hall–Kier alpha value is -0.0800. The minimum absolute atomic E-state index is 0.176. The second kappa shape index (κ2) is 6.19. The van der Waals surface area contributed by atoms with Crippen molar-refractivity contribution >= 4 is 0 Å². The van der Waals surface area contributed by atoms with Crippen LogP contribution in [-0.4, -0.2) is 25.3 Å². The van der Waals surface area contributed by atoms with E-state index in [1.807, 2.05) is 0 Å². The molecule has 2 rings (SSSR count). The van der Waals surface area contributed by atoms with E-state index in [2.05, 4.69) is 19.3 Å². The van der Waals surface area contributed by atoms with Gasteiger partial charge in [0.25, 0.3) is 0 Å². The highest BCUT2D eigenvalue weighted by molar-refractivity contribution is 4.90. The van der Waals surface area contributed by atoms with Gasteiger partial charge in [0.2, 0.25) is 0 Å². The van der Waals surface area contributed by atoms with Crippen molar-refractivity contribution in [2.45, 2.75) is 76.4 Å². The molecule has 0 spiro atoms. The molecule has 2 fully saturated rings. The number of rotatable bonds is 5. The maximum Gasteiger partial charge on any atom is 0.0809 e. The Labute approximate surface area is 107 Å². The molecule has 0 aliphatic heterocycles. The van der Waals surface area contributed by atoms with E-state index in [0.29, 0.717) is 6.10 Å². The van der Waals surface area contributed by atoms with Crippen LogP contribution in [0.1, 0.15) is 64.7 Å². The lowest BCUT2D eigenvalue weighted by Crippen LogP contribution is -2.43. The SMILES string of the molecule is CCC1CCCC(OC2(CNC)CCCC2)C1. The summed E-state index contributed by atoms with van der Waals surface area (Å²) in [5, 5.41) is 3.34. The maximum absolute atomic E-state index is 6.55. The first-order chi connectivity index (χ1) is 8.28. The molecular formula is C15H29NO. The lowest BCUT2D eigenvalue weighted by Gasteiger charge is -2.37. The summed E-state index contributed by atoms with van der Waals surface area (Å²) in [5.41, 5.74) is 0.176. The zero-order valence-corrected chi connectivity index (χ0v) is 11.6. The normalized spacial score (nSPS) is 32.8. The highest BCUT2D eigenvalue weighted by atomic mass is 16.5. The van der Waals surface area contributed by atoms with Crippen molar-refractivity contribution in [2.75, 3.05) is 13.6 Å². The first-order valence-corrected chi connectivity index (χ1v) is 7.60. The number of nitrogens with one attached hydrogen (secondary N) is 1. The first kappa shape index (κ1) is 13.4. The molecule has 2 aliphatic carbocycles. The zero-order valence-electron chi connectivity index (χ0n) is 11.6. The van der Waals surface area contributed by atoms with Gasteiger partial charge in [0.05, 0.1) is 11.7 Å². The zero-order chi connectivity index (χ0) is 12.1. The van der Waals surface area contributed by atoms with Crippen molar-refractivity contribution in [2.24, 2.45) is 5.92 Å². The third-order valence-electron chi connectivity index (χ3n) is 4.74. The van der Waals surface area contributed by atoms with Crippen LogP contribution in [0.5, 0.6) is 0 Å². The molecule has 17 heavy (non-hydrogen) atoms. The summed E-state index contributed by atoms with van der Waals surface area (Å²) in [4.78, 5) is 0. The molecule has 2 aliphatic rings. The van der Waals surface area contributed by atoms with Gasteiger partial charge in [-0.3, -0.25) is 0 Å². The maximum atomic E-state index is 6.55. The van der Waals surface area contributed by atoms with Crippen LogP contribution in [0.15, 0.2) is 0 Å². The molecule has 100 valence electrons. The number of ether oxygens (including phenoxy) is 1. The third-order valence-corrected chi connectivity index (χ3v) is 4.74. The van der Waals surface area contributed by atoms with Crippen LogP contribution >= 0.6 is 0 Å². The fraction of sp³-hybridized carbons (Fsp3) is 1.00. The molecule has 0 aromatic carbocycles. The van der Waals surface area contributed by atoms with Gasteiger partial charge in [-0.2, -0.15) is 0 Å². The summed E-state index contributed by atoms with van der Waals surface area (Å²) in [6, 6.07) is 0. The molecule has 2 atom stereocenters. The molecular weight excluding hydrogens is 210 g/mol. The fourth-order valence-corrected chi connectivity index (χ4v) is 3.75. The van der Waals surface area contributed by atoms with Crippen molar-refractivity contribution in [1.82, 2.24) is 5.32 Å². The molecule has 2 nitrogen and oxygen atoms in total. The molecule has 0 radical (unpaired) electrons. The van der Waals surface area contributed by atoms with Crippen molar-refractivity contribution in [3.63, 3.8) is 0 Å². The quantitative estimate of drug-likeness (QED) is 0.793. The van der Waals surface area contributed by atoms with Gasteiger partial charge in [-0.05, 0) is 38.6 Å². The Kier molecular flexibility index (Phi) is 4.87. The van der Waals surface area contributed by atoms with Gasteiger partial charge in [0.1, 0.15) is 0 Å². The summed E-state index contributed by atoms with van der Waals surface area (Å²) in [7, 11) is 2.05. The average Bonchev–Trinajstić information content (AvgIpc) is 2.78. The first-order valence-electron chi connectivity index (χ1n) is 7.60. The topological polar surface area (TPSA) is 21.3 Å². The van der Waals surface area contributed by atoms with Crippen molar-refractivity contribution in [3.8, 4) is 0 Å². The van der Waals surface area contributed by atoms with Crippen LogP contribution in [0, 0.1) is 5.92 Å². The Morgan fingerprint density at radius 2 is 1.94 bits per heavy atom. The van der Waals surface area contributed by atoms with E-state index < -0.39 is 0 Å². The van der Waals surface area contributed by atoms with Gasteiger partial charge in [-0.15, -0.1) is 0 Å². The minimum atomic E-state index is 0.176. The van der Waals surface area contributed by atoms with Crippen LogP contribution in [0.2, 0.25) is 0 Å². The fourth-order valence-electron chi connectivity index (χ4n) is 3.75. The molecule has 0 saturated heterocycles. The van der Waals surface area contributed by atoms with E-state index >= 15 is 0 Å². The number of hydrogen-bond donors (Lipinski definition) is 1. The summed E-state index contributed by atoms with van der Waals surface area (Å²) < 4.78 is 6.55. The molecule has 1 N–H and O–H groups in total. The Morgan fingerprint density at radius 1 is 1.18 bits per heavy atom. The minimum Gasteiger partial charge on any atom is -0.370 e. The summed E-state index contributed by atoms with van der Waals surface area (Å²) >= 11 is 0. The van der Waals surface area contributed by atoms with Crippen LogP contribution in [0.4, 0.5) is 0 Å². The second-order valence-corrected chi connectivity index (χ2v) is 6.10. The van der Waals surface area contributed by atoms with Gasteiger partial charge >= 0.3 is 0 Å². The Balaban J connectivity index is 1.88. The largest absolute Gasteiger partial charge is 0.370 e. The predicted molar refractivity (Wildman–Crippen MR) is 72.2 cm³/mol. The van der Waals surface area contributed by atoms with Gasteiger partial charge in [0, 0.05) is 6.54 Å². The van der Waals surface area contributed by atoms with E-state index in [1.54, 1.807) is 0 Å². The summed E-state index contributed by atoms with van der Waals surface area (Å²) in [6.45, 7) is 3.37. The van der Waals surface area contributed by atoms with Crippen LogP contribution in [0.3, 0.4) is 0 Å². The van der Waals surface area contributed by atoms with Crippen molar-refractivity contribution < 1.29 is 4.74 Å². The number of likely N-dealkylation sites (N-methyl/N-ethyl adjacent to an activating group) is 1. The predicted octanol–water partition coefficient (Wildman–Crippen LogP) is 3.50. The van der Waals surface area contributed by atoms with E-state index in [1.165, 1.54) is 57.8 Å². The Morgan fingerprint density at radius 3 is 2.59 bits per heavy atom. The van der Waals surface area contributed by atoms with E-state index in [0.717, 1.165) is 12.5 Å². The molecule has 0 amide bonds. The third kappa shape index (κ3) is 3.45. The highest BCUT2D eigenvalue weighted by Crippen LogP contribution is 2.38. The van der Waals surface area contributed by atoms with Gasteiger partial charge in [-0.25, -0.2) is 0 Å². The lowest BCUT2D eigenvalue weighted by atomic mass is 9.85. The molecule has 2 saturated carbocycles. The van der Waals surface area contributed by atoms with Gasteiger partial charge < -0.3 is 10.1 Å². The molecule has 0 aromatic heterocycles. The van der Waals surface area contributed by atoms with Crippen molar-refractivity contribution in [1.29, 1.82) is 0 Å². The molecule has 2 heteroatoms. The van der Waals surface area contributed by atoms with Crippen LogP contribution < -0.4 is 5.32 Å². The molecule has 2 unspecified atom stereocenters. The smallest absolute Gasteiger partial charge is 0.0809 e. The lowest BCUT2D eigenvalue weighted by molar-refractivity contribution is -0.106. The van der Waals surface area contributed by atoms with Crippen LogP contribution in [0.25, 0.3) is 0 Å². The van der Waals surface area contributed by atoms with Crippen molar-refractivity contribution in [3.05, 3.63) is 0 Å². The van der Waals surface area contributed by atoms with Crippen LogP contribution in [-0.2, 0) is 4.74 Å². The molecule has 0 aromatic rings. The van der Waals surface area contributed by atoms with E-state index in [-0.39, 0.29) is 5.60 Å². The van der Waals surface area contributed by atoms with E-state index in [9.17, 15) is 0 Å². The van der Waals surface area contributed by atoms with Gasteiger partial charge in [-0.1, -0.05) is 39.0 Å². The van der Waals surface area contributed by atoms with Gasteiger partial charge in [0.15, 0.2) is 0 Å².